The van der Waals surface area contributed by atoms with Crippen LogP contribution in [0, 0.1) is 17.0 Å². The number of hydrogen-bond acceptors (Lipinski definition) is 3. The van der Waals surface area contributed by atoms with E-state index in [0.29, 0.717) is 5.82 Å². The maximum Gasteiger partial charge on any atom is 0.423 e. The third kappa shape index (κ3) is 2.42. The Morgan fingerprint density at radius 1 is 1.37 bits per heavy atom. The predicted molar refractivity (Wildman–Crippen MR) is 60.0 cm³/mol. The molecule has 0 radical (unpaired) electrons. The van der Waals surface area contributed by atoms with Gasteiger partial charge >= 0.3 is 6.18 Å². The molecular formula is C11H8F3N3O2. The van der Waals surface area contributed by atoms with Crippen LogP contribution in [0.3, 0.4) is 0 Å². The molecule has 0 saturated carbocycles. The van der Waals surface area contributed by atoms with Crippen molar-refractivity contribution in [3.05, 3.63) is 52.1 Å². The molecule has 0 aliphatic carbocycles. The van der Waals surface area contributed by atoms with E-state index in [4.69, 9.17) is 0 Å². The topological polar surface area (TPSA) is 61.0 Å². The average molecular weight is 271 g/mol. The molecule has 0 atom stereocenters. The van der Waals surface area contributed by atoms with Crippen LogP contribution in [0.15, 0.2) is 30.6 Å². The van der Waals surface area contributed by atoms with E-state index in [-0.39, 0.29) is 5.69 Å². The number of benzene rings is 1. The molecule has 0 aliphatic rings. The number of halogens is 3. The van der Waals surface area contributed by atoms with Crippen molar-refractivity contribution in [2.24, 2.45) is 0 Å². The molecule has 0 fully saturated rings. The van der Waals surface area contributed by atoms with Gasteiger partial charge in [-0.1, -0.05) is 0 Å². The summed E-state index contributed by atoms with van der Waals surface area (Å²) in [5.74, 6) is 0.488. The lowest BCUT2D eigenvalue weighted by Crippen LogP contribution is -2.10. The molecule has 8 heteroatoms. The van der Waals surface area contributed by atoms with Crippen molar-refractivity contribution < 1.29 is 18.1 Å². The predicted octanol–water partition coefficient (Wildman–Crippen LogP) is 3.11. The molecule has 1 heterocycles. The van der Waals surface area contributed by atoms with Crippen molar-refractivity contribution in [2.75, 3.05) is 0 Å². The molecule has 1 aromatic carbocycles. The number of nitrogens with zero attached hydrogens (tertiary/aromatic N) is 3. The molecular weight excluding hydrogens is 263 g/mol. The van der Waals surface area contributed by atoms with Gasteiger partial charge in [-0.05, 0) is 19.1 Å². The Hall–Kier alpha value is -2.38. The average Bonchev–Trinajstić information content (AvgIpc) is 2.73. The quantitative estimate of drug-likeness (QED) is 0.622. The summed E-state index contributed by atoms with van der Waals surface area (Å²) >= 11 is 0. The standard InChI is InChI=1S/C11H8F3N3O2/c1-7-15-4-5-16(7)8-2-3-10(17(18)19)9(6-8)11(12,13)14/h2-6H,1H3. The highest BCUT2D eigenvalue weighted by molar-refractivity contribution is 5.50. The zero-order valence-corrected chi connectivity index (χ0v) is 9.68. The summed E-state index contributed by atoms with van der Waals surface area (Å²) in [5, 5.41) is 10.6. The Bertz CT molecular complexity index is 634. The van der Waals surface area contributed by atoms with Crippen molar-refractivity contribution in [3.63, 3.8) is 0 Å². The zero-order chi connectivity index (χ0) is 14.2. The Labute approximate surface area is 105 Å². The Morgan fingerprint density at radius 2 is 2.05 bits per heavy atom. The highest BCUT2D eigenvalue weighted by Gasteiger charge is 2.38. The van der Waals surface area contributed by atoms with E-state index in [1.165, 1.54) is 23.0 Å². The number of aryl methyl sites for hydroxylation is 1. The Morgan fingerprint density at radius 3 is 2.53 bits per heavy atom. The fraction of sp³-hybridized carbons (Fsp3) is 0.182. The largest absolute Gasteiger partial charge is 0.423 e. The first kappa shape index (κ1) is 13.1. The highest BCUT2D eigenvalue weighted by Crippen LogP contribution is 2.37. The van der Waals surface area contributed by atoms with Crippen LogP contribution in [0.2, 0.25) is 0 Å². The second-order valence-corrected chi connectivity index (χ2v) is 3.80. The maximum atomic E-state index is 12.8. The smallest absolute Gasteiger partial charge is 0.304 e. The number of imidazole rings is 1. The van der Waals surface area contributed by atoms with Gasteiger partial charge in [-0.25, -0.2) is 4.98 Å². The van der Waals surface area contributed by atoms with Gasteiger partial charge in [0, 0.05) is 24.1 Å². The van der Waals surface area contributed by atoms with Crippen LogP contribution >= 0.6 is 0 Å². The number of hydrogen-bond donors (Lipinski definition) is 0. The molecule has 100 valence electrons. The van der Waals surface area contributed by atoms with Gasteiger partial charge < -0.3 is 4.57 Å². The summed E-state index contributed by atoms with van der Waals surface area (Å²) in [5.41, 5.74) is -2.06. The van der Waals surface area contributed by atoms with Gasteiger partial charge in [0.1, 0.15) is 11.4 Å². The molecule has 1 aromatic heterocycles. The molecule has 0 amide bonds. The van der Waals surface area contributed by atoms with Gasteiger partial charge in [-0.3, -0.25) is 10.1 Å². The van der Waals surface area contributed by atoms with E-state index in [2.05, 4.69) is 4.98 Å². The second-order valence-electron chi connectivity index (χ2n) is 3.80. The first-order valence-electron chi connectivity index (χ1n) is 5.16. The molecule has 0 unspecified atom stereocenters. The van der Waals surface area contributed by atoms with E-state index in [0.717, 1.165) is 12.1 Å². The summed E-state index contributed by atoms with van der Waals surface area (Å²) in [6, 6.07) is 2.84. The zero-order valence-electron chi connectivity index (χ0n) is 9.68. The molecule has 2 aromatic rings. The van der Waals surface area contributed by atoms with Crippen LogP contribution in [0.1, 0.15) is 11.4 Å². The molecule has 0 bridgehead atoms. The van der Waals surface area contributed by atoms with E-state index >= 15 is 0 Å². The lowest BCUT2D eigenvalue weighted by atomic mass is 10.1. The van der Waals surface area contributed by atoms with Crippen molar-refractivity contribution >= 4 is 5.69 Å². The lowest BCUT2D eigenvalue weighted by molar-refractivity contribution is -0.388. The van der Waals surface area contributed by atoms with Crippen molar-refractivity contribution in [1.29, 1.82) is 0 Å². The van der Waals surface area contributed by atoms with E-state index in [1.807, 2.05) is 0 Å². The molecule has 0 saturated heterocycles. The number of alkyl halides is 3. The first-order valence-corrected chi connectivity index (χ1v) is 5.16. The summed E-state index contributed by atoms with van der Waals surface area (Å²) < 4.78 is 39.8. The van der Waals surface area contributed by atoms with Crippen LogP contribution in [-0.4, -0.2) is 14.5 Å². The summed E-state index contributed by atoms with van der Waals surface area (Å²) in [6.07, 6.45) is -1.87. The monoisotopic (exact) mass is 271 g/mol. The highest BCUT2D eigenvalue weighted by atomic mass is 19.4. The molecule has 0 aliphatic heterocycles. The summed E-state index contributed by atoms with van der Waals surface area (Å²) in [7, 11) is 0. The first-order chi connectivity index (χ1) is 8.80. The van der Waals surface area contributed by atoms with E-state index in [1.54, 1.807) is 6.92 Å². The van der Waals surface area contributed by atoms with Crippen LogP contribution in [0.4, 0.5) is 18.9 Å². The maximum absolute atomic E-state index is 12.8. The minimum absolute atomic E-state index is 0.174. The fourth-order valence-corrected chi connectivity index (χ4v) is 1.71. The Kier molecular flexibility index (Phi) is 3.01. The van der Waals surface area contributed by atoms with Crippen LogP contribution in [0.5, 0.6) is 0 Å². The number of nitro groups is 1. The fourth-order valence-electron chi connectivity index (χ4n) is 1.71. The second kappa shape index (κ2) is 4.38. The molecule has 0 spiro atoms. The third-order valence-electron chi connectivity index (χ3n) is 2.59. The molecule has 0 N–H and O–H groups in total. The van der Waals surface area contributed by atoms with Crippen molar-refractivity contribution in [1.82, 2.24) is 9.55 Å². The number of aromatic nitrogens is 2. The van der Waals surface area contributed by atoms with Gasteiger partial charge in [0.05, 0.1) is 4.92 Å². The van der Waals surface area contributed by atoms with Gasteiger partial charge in [0.25, 0.3) is 5.69 Å². The molecule has 19 heavy (non-hydrogen) atoms. The molecule has 2 rings (SSSR count). The minimum atomic E-state index is -4.78. The summed E-state index contributed by atoms with van der Waals surface area (Å²) in [6.45, 7) is 1.62. The van der Waals surface area contributed by atoms with Crippen molar-refractivity contribution in [2.45, 2.75) is 13.1 Å². The molecule has 5 nitrogen and oxygen atoms in total. The Balaban J connectivity index is 2.63. The minimum Gasteiger partial charge on any atom is -0.304 e. The van der Waals surface area contributed by atoms with E-state index in [9.17, 15) is 23.3 Å². The number of nitro benzene ring substituents is 1. The van der Waals surface area contributed by atoms with Crippen LogP contribution < -0.4 is 0 Å². The van der Waals surface area contributed by atoms with Gasteiger partial charge in [0.2, 0.25) is 0 Å². The summed E-state index contributed by atoms with van der Waals surface area (Å²) in [4.78, 5) is 13.5. The van der Waals surface area contributed by atoms with Crippen molar-refractivity contribution in [3.8, 4) is 5.69 Å². The van der Waals surface area contributed by atoms with Gasteiger partial charge in [-0.15, -0.1) is 0 Å². The lowest BCUT2D eigenvalue weighted by Gasteiger charge is -2.11. The SMILES string of the molecule is Cc1nccn1-c1ccc([N+](=O)[O-])c(C(F)(F)F)c1. The van der Waals surface area contributed by atoms with Crippen LogP contribution in [0.25, 0.3) is 5.69 Å². The number of rotatable bonds is 2. The van der Waals surface area contributed by atoms with Crippen LogP contribution in [-0.2, 0) is 6.18 Å². The third-order valence-corrected chi connectivity index (χ3v) is 2.59. The van der Waals surface area contributed by atoms with Gasteiger partial charge in [0.15, 0.2) is 0 Å². The van der Waals surface area contributed by atoms with E-state index < -0.39 is 22.4 Å². The normalized spacial score (nSPS) is 11.6. The van der Waals surface area contributed by atoms with Gasteiger partial charge in [-0.2, -0.15) is 13.2 Å².